The number of rotatable bonds is 5. The number of aromatic nitrogens is 3. The fourth-order valence-corrected chi connectivity index (χ4v) is 3.29. The molecule has 3 aromatic heterocycles. The van der Waals surface area contributed by atoms with Crippen LogP contribution < -0.4 is 4.90 Å². The van der Waals surface area contributed by atoms with Crippen molar-refractivity contribution in [2.45, 2.75) is 27.7 Å². The van der Waals surface area contributed by atoms with Crippen LogP contribution in [0.2, 0.25) is 0 Å². The molecule has 3 rings (SSSR count). The van der Waals surface area contributed by atoms with E-state index < -0.39 is 11.8 Å². The molecule has 0 saturated carbocycles. The number of aliphatic hydroxyl groups is 1. The zero-order valence-electron chi connectivity index (χ0n) is 18.2. The van der Waals surface area contributed by atoms with Crippen LogP contribution in [-0.4, -0.2) is 37.7 Å². The van der Waals surface area contributed by atoms with Crippen molar-refractivity contribution in [2.24, 2.45) is 0 Å². The first kappa shape index (κ1) is 22.5. The van der Waals surface area contributed by atoms with E-state index in [-0.39, 0.29) is 22.9 Å². The number of imide groups is 1. The van der Waals surface area contributed by atoms with Crippen LogP contribution in [0.3, 0.4) is 0 Å². The summed E-state index contributed by atoms with van der Waals surface area (Å²) in [4.78, 5) is 49.9. The van der Waals surface area contributed by atoms with Gasteiger partial charge in [-0.3, -0.25) is 14.4 Å². The van der Waals surface area contributed by atoms with Gasteiger partial charge in [0.05, 0.1) is 17.0 Å². The van der Waals surface area contributed by atoms with E-state index in [0.29, 0.717) is 22.6 Å². The maximum Gasteiger partial charge on any atom is 0.231 e. The van der Waals surface area contributed by atoms with E-state index in [1.807, 2.05) is 6.07 Å². The van der Waals surface area contributed by atoms with Crippen molar-refractivity contribution < 1.29 is 19.5 Å². The summed E-state index contributed by atoms with van der Waals surface area (Å²) in [6.07, 6.45) is 4.93. The summed E-state index contributed by atoms with van der Waals surface area (Å²) < 4.78 is 0. The molecular weight excluding hydrogens is 408 g/mol. The fraction of sp³-hybridized carbons (Fsp3) is 0.167. The first-order valence-electron chi connectivity index (χ1n) is 9.82. The van der Waals surface area contributed by atoms with Crippen LogP contribution >= 0.6 is 0 Å². The molecule has 0 spiro atoms. The molecule has 0 saturated heterocycles. The normalized spacial score (nSPS) is 12.0. The standard InChI is InChI=1S/C24H22N4O4/c1-14(29)22(15(2)30)21-12-9-18-7-10-20(26-23(18)27-21)11-8-19-6-5-13-25-24(19)28(16(3)31)17(4)32/h5-13,29H,1-4H3/b11-8+,22-14-. The van der Waals surface area contributed by atoms with E-state index in [0.717, 1.165) is 10.3 Å². The first-order chi connectivity index (χ1) is 15.2. The Labute approximate surface area is 185 Å². The van der Waals surface area contributed by atoms with Crippen LogP contribution in [0.15, 0.2) is 48.4 Å². The lowest BCUT2D eigenvalue weighted by Crippen LogP contribution is -2.34. The molecule has 32 heavy (non-hydrogen) atoms. The van der Waals surface area contributed by atoms with Crippen molar-refractivity contribution in [3.05, 3.63) is 65.3 Å². The van der Waals surface area contributed by atoms with Gasteiger partial charge < -0.3 is 5.11 Å². The Morgan fingerprint density at radius 1 is 0.906 bits per heavy atom. The van der Waals surface area contributed by atoms with E-state index in [2.05, 4.69) is 15.0 Å². The van der Waals surface area contributed by atoms with Gasteiger partial charge in [0.1, 0.15) is 11.6 Å². The molecule has 0 aliphatic heterocycles. The van der Waals surface area contributed by atoms with Gasteiger partial charge in [-0.05, 0) is 62.4 Å². The molecule has 0 radical (unpaired) electrons. The third kappa shape index (κ3) is 4.75. The molecule has 1 N–H and O–H groups in total. The van der Waals surface area contributed by atoms with Gasteiger partial charge in [0, 0.05) is 31.0 Å². The van der Waals surface area contributed by atoms with Crippen molar-refractivity contribution in [3.8, 4) is 0 Å². The van der Waals surface area contributed by atoms with E-state index in [1.165, 1.54) is 33.9 Å². The Balaban J connectivity index is 2.02. The molecule has 2 amide bonds. The van der Waals surface area contributed by atoms with Crippen LogP contribution in [0, 0.1) is 0 Å². The van der Waals surface area contributed by atoms with Crippen molar-refractivity contribution in [2.75, 3.05) is 4.90 Å². The Morgan fingerprint density at radius 3 is 2.22 bits per heavy atom. The number of pyridine rings is 3. The second kappa shape index (κ2) is 9.30. The number of hydrogen-bond donors (Lipinski definition) is 1. The van der Waals surface area contributed by atoms with E-state index in [4.69, 9.17) is 0 Å². The summed E-state index contributed by atoms with van der Waals surface area (Å²) >= 11 is 0. The molecule has 0 unspecified atom stereocenters. The number of fused-ring (bicyclic) bond motifs is 1. The Bertz CT molecular complexity index is 1280. The monoisotopic (exact) mass is 430 g/mol. The maximum atomic E-state index is 11.9. The summed E-state index contributed by atoms with van der Waals surface area (Å²) in [5.41, 5.74) is 2.03. The van der Waals surface area contributed by atoms with Crippen molar-refractivity contribution in [1.82, 2.24) is 15.0 Å². The third-order valence-corrected chi connectivity index (χ3v) is 4.64. The molecule has 0 aliphatic rings. The lowest BCUT2D eigenvalue weighted by Gasteiger charge is -2.17. The number of aliphatic hydroxyl groups excluding tert-OH is 1. The highest BCUT2D eigenvalue weighted by Gasteiger charge is 2.20. The number of nitrogens with zero attached hydrogens (tertiary/aromatic N) is 4. The zero-order chi connectivity index (χ0) is 23.4. The number of ketones is 1. The van der Waals surface area contributed by atoms with Crippen LogP contribution in [0.5, 0.6) is 0 Å². The minimum absolute atomic E-state index is 0.106. The molecule has 0 atom stereocenters. The van der Waals surface area contributed by atoms with Crippen molar-refractivity contribution >= 4 is 52.2 Å². The number of allylic oxidation sites excluding steroid dienone is 2. The molecule has 3 aromatic rings. The zero-order valence-corrected chi connectivity index (χ0v) is 18.2. The van der Waals surface area contributed by atoms with Gasteiger partial charge in [0.15, 0.2) is 11.4 Å². The Kier molecular flexibility index (Phi) is 6.53. The molecule has 0 aromatic carbocycles. The number of carbonyl (C=O) groups is 3. The second-order valence-electron chi connectivity index (χ2n) is 7.12. The molecule has 3 heterocycles. The van der Waals surface area contributed by atoms with Gasteiger partial charge in [-0.25, -0.2) is 19.9 Å². The van der Waals surface area contributed by atoms with E-state index in [9.17, 15) is 19.5 Å². The number of hydrogen-bond acceptors (Lipinski definition) is 7. The van der Waals surface area contributed by atoms with Gasteiger partial charge in [-0.15, -0.1) is 0 Å². The lowest BCUT2D eigenvalue weighted by molar-refractivity contribution is -0.124. The predicted molar refractivity (Wildman–Crippen MR) is 122 cm³/mol. The van der Waals surface area contributed by atoms with Gasteiger partial charge in [0.2, 0.25) is 11.8 Å². The van der Waals surface area contributed by atoms with E-state index in [1.54, 1.807) is 42.5 Å². The van der Waals surface area contributed by atoms with Crippen LogP contribution in [-0.2, 0) is 14.4 Å². The number of Topliss-reactive ketones (excluding diaryl/α,β-unsaturated/α-hetero) is 1. The highest BCUT2D eigenvalue weighted by molar-refractivity contribution is 6.19. The molecular formula is C24H22N4O4. The Morgan fingerprint density at radius 2 is 1.59 bits per heavy atom. The first-order valence-corrected chi connectivity index (χ1v) is 9.82. The molecule has 0 aliphatic carbocycles. The smallest absolute Gasteiger partial charge is 0.231 e. The second-order valence-corrected chi connectivity index (χ2v) is 7.12. The Hall–Kier alpha value is -4.20. The minimum atomic E-state index is -0.431. The van der Waals surface area contributed by atoms with Gasteiger partial charge in [-0.2, -0.15) is 0 Å². The highest BCUT2D eigenvalue weighted by atomic mass is 16.3. The van der Waals surface area contributed by atoms with Gasteiger partial charge in [0.25, 0.3) is 0 Å². The largest absolute Gasteiger partial charge is 0.512 e. The third-order valence-electron chi connectivity index (χ3n) is 4.64. The maximum absolute atomic E-state index is 11.9. The fourth-order valence-electron chi connectivity index (χ4n) is 3.29. The molecule has 8 nitrogen and oxygen atoms in total. The molecule has 162 valence electrons. The highest BCUT2D eigenvalue weighted by Crippen LogP contribution is 2.22. The average molecular weight is 430 g/mol. The van der Waals surface area contributed by atoms with Crippen LogP contribution in [0.25, 0.3) is 28.8 Å². The number of carbonyl (C=O) groups excluding carboxylic acids is 3. The van der Waals surface area contributed by atoms with Crippen molar-refractivity contribution in [3.63, 3.8) is 0 Å². The number of amides is 2. The van der Waals surface area contributed by atoms with Gasteiger partial charge >= 0.3 is 0 Å². The van der Waals surface area contributed by atoms with Crippen LogP contribution in [0.1, 0.15) is 44.6 Å². The summed E-state index contributed by atoms with van der Waals surface area (Å²) in [6.45, 7) is 5.40. The minimum Gasteiger partial charge on any atom is -0.512 e. The van der Waals surface area contributed by atoms with Crippen molar-refractivity contribution in [1.29, 1.82) is 0 Å². The summed E-state index contributed by atoms with van der Waals surface area (Å²) in [5.74, 6) is -1.03. The summed E-state index contributed by atoms with van der Waals surface area (Å²) in [6, 6.07) is 10.5. The number of anilines is 1. The van der Waals surface area contributed by atoms with Crippen LogP contribution in [0.4, 0.5) is 5.82 Å². The summed E-state index contributed by atoms with van der Waals surface area (Å²) in [7, 11) is 0. The predicted octanol–water partition coefficient (Wildman–Crippen LogP) is 3.97. The topological polar surface area (TPSA) is 113 Å². The lowest BCUT2D eigenvalue weighted by atomic mass is 10.1. The molecule has 8 heteroatoms. The van der Waals surface area contributed by atoms with Gasteiger partial charge in [-0.1, -0.05) is 0 Å². The average Bonchev–Trinajstić information content (AvgIpc) is 2.72. The molecule has 0 fully saturated rings. The molecule has 0 bridgehead atoms. The summed E-state index contributed by atoms with van der Waals surface area (Å²) in [5, 5.41) is 10.6. The quantitative estimate of drug-likeness (QED) is 0.481. The SMILES string of the molecule is CC(=O)/C(=C(\C)O)c1ccc2ccc(/C=C/c3cccnc3N(C(C)=O)C(C)=O)nc2n1. The van der Waals surface area contributed by atoms with E-state index >= 15 is 0 Å².